The number of ether oxygens (including phenoxy) is 1. The van der Waals surface area contributed by atoms with E-state index in [0.29, 0.717) is 13.3 Å². The van der Waals surface area contributed by atoms with Crippen LogP contribution in [-0.4, -0.2) is 16.2 Å². The molecule has 0 spiro atoms. The van der Waals surface area contributed by atoms with Crippen LogP contribution in [-0.2, 0) is 11.3 Å². The molecule has 0 saturated carbocycles. The minimum atomic E-state index is 0.476. The number of thioether (sulfide) groups is 2. The van der Waals surface area contributed by atoms with Crippen molar-refractivity contribution in [2.24, 2.45) is 4.99 Å². The molecule has 0 bridgehead atoms. The van der Waals surface area contributed by atoms with Crippen molar-refractivity contribution in [1.29, 1.82) is 0 Å². The molecule has 0 radical (unpaired) electrons. The minimum absolute atomic E-state index is 0.476. The Hall–Kier alpha value is -0.450. The molecule has 74 valence electrons. The molecule has 1 aliphatic heterocycles. The van der Waals surface area contributed by atoms with Gasteiger partial charge in [0.05, 0.1) is 11.7 Å². The largest absolute Gasteiger partial charge is 0.355 e. The molecule has 2 rings (SSSR count). The van der Waals surface area contributed by atoms with E-state index in [0.717, 1.165) is 9.46 Å². The predicted octanol–water partition coefficient (Wildman–Crippen LogP) is 2.95. The molecule has 1 saturated heterocycles. The third-order valence-corrected chi connectivity index (χ3v) is 4.16. The Morgan fingerprint density at radius 1 is 1.21 bits per heavy atom. The molecule has 0 N–H and O–H groups in total. The summed E-state index contributed by atoms with van der Waals surface area (Å²) in [7, 11) is 0. The van der Waals surface area contributed by atoms with Crippen LogP contribution in [0.3, 0.4) is 0 Å². The van der Waals surface area contributed by atoms with E-state index in [1.165, 1.54) is 5.56 Å². The smallest absolute Gasteiger partial charge is 0.139 e. The SMILES string of the molecule is c1ccc(COCN=C2SCS2)cc1. The van der Waals surface area contributed by atoms with E-state index in [1.807, 2.05) is 18.2 Å². The first-order valence-corrected chi connectivity index (χ1v) is 6.34. The molecule has 1 aliphatic rings. The van der Waals surface area contributed by atoms with Crippen molar-refractivity contribution in [1.82, 2.24) is 0 Å². The van der Waals surface area contributed by atoms with Crippen LogP contribution in [0.5, 0.6) is 0 Å². The highest BCUT2D eigenvalue weighted by molar-refractivity contribution is 8.52. The van der Waals surface area contributed by atoms with Crippen LogP contribution in [0.2, 0.25) is 0 Å². The molecular formula is C10H11NOS2. The number of nitrogens with zero attached hydrogens (tertiary/aromatic N) is 1. The fourth-order valence-electron chi connectivity index (χ4n) is 1.04. The van der Waals surface area contributed by atoms with Crippen LogP contribution in [0.1, 0.15) is 5.56 Å². The molecule has 0 amide bonds. The monoisotopic (exact) mass is 225 g/mol. The van der Waals surface area contributed by atoms with Gasteiger partial charge in [-0.05, 0) is 5.56 Å². The molecule has 0 aromatic heterocycles. The van der Waals surface area contributed by atoms with E-state index >= 15 is 0 Å². The molecule has 1 heterocycles. The summed E-state index contributed by atoms with van der Waals surface area (Å²) in [5.74, 6) is 0. The Labute approximate surface area is 92.1 Å². The van der Waals surface area contributed by atoms with Gasteiger partial charge in [-0.15, -0.1) is 0 Å². The number of hydrogen-bond acceptors (Lipinski definition) is 4. The van der Waals surface area contributed by atoms with Crippen LogP contribution < -0.4 is 0 Å². The van der Waals surface area contributed by atoms with Crippen molar-refractivity contribution in [3.8, 4) is 0 Å². The Bertz CT molecular complexity index is 307. The molecule has 4 heteroatoms. The molecule has 0 unspecified atom stereocenters. The van der Waals surface area contributed by atoms with Crippen molar-refractivity contribution < 1.29 is 4.74 Å². The van der Waals surface area contributed by atoms with E-state index < -0.39 is 0 Å². The van der Waals surface area contributed by atoms with E-state index in [1.54, 1.807) is 23.5 Å². The first-order chi connectivity index (χ1) is 6.95. The highest BCUT2D eigenvalue weighted by atomic mass is 32.3. The van der Waals surface area contributed by atoms with Crippen LogP contribution in [0.25, 0.3) is 0 Å². The summed E-state index contributed by atoms with van der Waals surface area (Å²) in [5.41, 5.74) is 1.20. The predicted molar refractivity (Wildman–Crippen MR) is 63.6 cm³/mol. The van der Waals surface area contributed by atoms with Gasteiger partial charge in [0.1, 0.15) is 11.1 Å². The van der Waals surface area contributed by atoms with Gasteiger partial charge in [0.2, 0.25) is 0 Å². The van der Waals surface area contributed by atoms with Crippen LogP contribution >= 0.6 is 23.5 Å². The number of hydrogen-bond donors (Lipinski definition) is 0. The van der Waals surface area contributed by atoms with Gasteiger partial charge < -0.3 is 4.74 Å². The lowest BCUT2D eigenvalue weighted by Gasteiger charge is -2.12. The van der Waals surface area contributed by atoms with Gasteiger partial charge in [-0.25, -0.2) is 4.99 Å². The van der Waals surface area contributed by atoms with E-state index in [4.69, 9.17) is 4.74 Å². The number of rotatable bonds is 4. The molecule has 1 aromatic carbocycles. The fourth-order valence-corrected chi connectivity index (χ4v) is 2.22. The highest BCUT2D eigenvalue weighted by Crippen LogP contribution is 2.32. The standard InChI is InChI=1S/C10H11NOS2/c1-2-4-9(5-3-1)6-12-7-11-10-13-8-14-10/h1-5H,6-8H2. The first kappa shape index (κ1) is 10.1. The average Bonchev–Trinajstić information content (AvgIpc) is 2.16. The minimum Gasteiger partial charge on any atom is -0.355 e. The summed E-state index contributed by atoms with van der Waals surface area (Å²) >= 11 is 3.57. The quantitative estimate of drug-likeness (QED) is 0.735. The third-order valence-electron chi connectivity index (χ3n) is 1.76. The lowest BCUT2D eigenvalue weighted by atomic mass is 10.2. The van der Waals surface area contributed by atoms with Gasteiger partial charge in [-0.1, -0.05) is 53.9 Å². The normalized spacial score (nSPS) is 15.0. The lowest BCUT2D eigenvalue weighted by molar-refractivity contribution is 0.129. The molecular weight excluding hydrogens is 214 g/mol. The van der Waals surface area contributed by atoms with Crippen LogP contribution in [0.4, 0.5) is 0 Å². The van der Waals surface area contributed by atoms with Gasteiger partial charge >= 0.3 is 0 Å². The van der Waals surface area contributed by atoms with Crippen LogP contribution in [0.15, 0.2) is 35.3 Å². The molecule has 0 aliphatic carbocycles. The molecule has 1 aromatic rings. The summed E-state index contributed by atoms with van der Waals surface area (Å²) in [6.45, 7) is 1.12. The number of benzene rings is 1. The van der Waals surface area contributed by atoms with E-state index in [2.05, 4.69) is 17.1 Å². The lowest BCUT2D eigenvalue weighted by Crippen LogP contribution is -2.01. The fraction of sp³-hybridized carbons (Fsp3) is 0.300. The van der Waals surface area contributed by atoms with Gasteiger partial charge in [-0.3, -0.25) is 0 Å². The van der Waals surface area contributed by atoms with E-state index in [9.17, 15) is 0 Å². The zero-order valence-corrected chi connectivity index (χ0v) is 9.31. The maximum Gasteiger partial charge on any atom is 0.139 e. The van der Waals surface area contributed by atoms with Gasteiger partial charge in [0.25, 0.3) is 0 Å². The highest BCUT2D eigenvalue weighted by Gasteiger charge is 2.10. The van der Waals surface area contributed by atoms with Crippen molar-refractivity contribution in [3.63, 3.8) is 0 Å². The van der Waals surface area contributed by atoms with Gasteiger partial charge in [-0.2, -0.15) is 0 Å². The maximum absolute atomic E-state index is 5.41. The average molecular weight is 225 g/mol. The second kappa shape index (κ2) is 5.44. The van der Waals surface area contributed by atoms with Gasteiger partial charge in [0, 0.05) is 0 Å². The topological polar surface area (TPSA) is 21.6 Å². The Kier molecular flexibility index (Phi) is 3.91. The molecule has 0 atom stereocenters. The Morgan fingerprint density at radius 3 is 2.64 bits per heavy atom. The zero-order chi connectivity index (χ0) is 9.64. The van der Waals surface area contributed by atoms with Gasteiger partial charge in [0.15, 0.2) is 0 Å². The summed E-state index contributed by atoms with van der Waals surface area (Å²) in [5, 5.41) is 1.14. The van der Waals surface area contributed by atoms with Crippen LogP contribution in [0, 0.1) is 0 Å². The zero-order valence-electron chi connectivity index (χ0n) is 7.68. The van der Waals surface area contributed by atoms with E-state index in [-0.39, 0.29) is 0 Å². The molecule has 2 nitrogen and oxygen atoms in total. The molecule has 1 fully saturated rings. The Morgan fingerprint density at radius 2 is 2.00 bits per heavy atom. The third kappa shape index (κ3) is 3.04. The summed E-state index contributed by atoms with van der Waals surface area (Å²) in [6.07, 6.45) is 0. The first-order valence-electron chi connectivity index (χ1n) is 4.37. The van der Waals surface area contributed by atoms with Crippen molar-refractivity contribution in [3.05, 3.63) is 35.9 Å². The second-order valence-corrected chi connectivity index (χ2v) is 5.35. The Balaban J connectivity index is 1.68. The summed E-state index contributed by atoms with van der Waals surface area (Å²) < 4.78 is 6.56. The number of aliphatic imine (C=N–C) groups is 1. The van der Waals surface area contributed by atoms with Crippen molar-refractivity contribution in [2.75, 3.05) is 11.8 Å². The van der Waals surface area contributed by atoms with Crippen molar-refractivity contribution in [2.45, 2.75) is 6.61 Å². The maximum atomic E-state index is 5.41. The second-order valence-electron chi connectivity index (χ2n) is 2.79. The molecule has 14 heavy (non-hydrogen) atoms. The summed E-state index contributed by atoms with van der Waals surface area (Å²) in [4.78, 5) is 4.26. The van der Waals surface area contributed by atoms with Crippen molar-refractivity contribution >= 4 is 27.9 Å². The summed E-state index contributed by atoms with van der Waals surface area (Å²) in [6, 6.07) is 10.1.